The molecule has 0 bridgehead atoms. The molecule has 0 amide bonds. The second-order valence-corrected chi connectivity index (χ2v) is 8.30. The van der Waals surface area contributed by atoms with Gasteiger partial charge in [-0.3, -0.25) is 4.79 Å². The molecule has 1 unspecified atom stereocenters. The van der Waals surface area contributed by atoms with Crippen LogP contribution in [0.25, 0.3) is 0 Å². The minimum Gasteiger partial charge on any atom is -0.393 e. The molecule has 4 aliphatic carbocycles. The Balaban J connectivity index is 1.62. The van der Waals surface area contributed by atoms with E-state index in [9.17, 15) is 9.90 Å². The van der Waals surface area contributed by atoms with Crippen LogP contribution in [-0.4, -0.2) is 30.2 Å². The van der Waals surface area contributed by atoms with Crippen LogP contribution in [0.3, 0.4) is 0 Å². The molecule has 0 aromatic carbocycles. The fourth-order valence-corrected chi connectivity index (χ4v) is 6.34. The minimum atomic E-state index is -0.227. The summed E-state index contributed by atoms with van der Waals surface area (Å²) in [5.74, 6) is 2.84. The predicted octanol–water partition coefficient (Wildman–Crippen LogP) is 3.11. The van der Waals surface area contributed by atoms with Crippen molar-refractivity contribution in [2.45, 2.75) is 64.1 Å². The Morgan fingerprint density at radius 3 is 2.82 bits per heavy atom. The van der Waals surface area contributed by atoms with Crippen LogP contribution < -0.4 is 0 Å². The van der Waals surface area contributed by atoms with Crippen molar-refractivity contribution in [1.82, 2.24) is 0 Å². The number of ether oxygens (including phenoxy) is 1. The molecule has 0 aromatic heterocycles. The number of hydrogen-bond acceptors (Lipinski definition) is 3. The highest BCUT2D eigenvalue weighted by atomic mass is 16.5. The molecule has 122 valence electrons. The minimum absolute atomic E-state index is 0.102. The fourth-order valence-electron chi connectivity index (χ4n) is 6.34. The van der Waals surface area contributed by atoms with Crippen LogP contribution in [0.2, 0.25) is 0 Å². The smallest absolute Gasteiger partial charge is 0.184 e. The lowest BCUT2D eigenvalue weighted by molar-refractivity contribution is -0.127. The van der Waals surface area contributed by atoms with E-state index in [1.54, 1.807) is 7.11 Å². The standard InChI is InChI=1S/C19H28O3/c1-19-8-7-12-13(15(19)5-6-18(19)21)4-3-11-9-16(20)17(22-2)10-14(11)12/h9,12-15,17-18,21H,3-8,10H2,1-2H3/t12-,13+,14-,15-,17?,18-,19-/m0/s1. The first kappa shape index (κ1) is 14.9. The van der Waals surface area contributed by atoms with Gasteiger partial charge in [-0.2, -0.15) is 0 Å². The van der Waals surface area contributed by atoms with Crippen molar-refractivity contribution in [2.75, 3.05) is 7.11 Å². The van der Waals surface area contributed by atoms with Gasteiger partial charge in [0.15, 0.2) is 5.78 Å². The van der Waals surface area contributed by atoms with Crippen molar-refractivity contribution in [1.29, 1.82) is 0 Å². The molecular weight excluding hydrogens is 276 g/mol. The molecule has 3 saturated carbocycles. The lowest BCUT2D eigenvalue weighted by Gasteiger charge is -2.53. The third-order valence-electron chi connectivity index (χ3n) is 7.60. The number of methoxy groups -OCH3 is 1. The number of hydrogen-bond donors (Lipinski definition) is 1. The molecule has 3 heteroatoms. The Hall–Kier alpha value is -0.670. The molecule has 1 N–H and O–H groups in total. The third-order valence-corrected chi connectivity index (χ3v) is 7.60. The molecule has 3 nitrogen and oxygen atoms in total. The number of aliphatic hydroxyl groups is 1. The summed E-state index contributed by atoms with van der Waals surface area (Å²) in [5, 5.41) is 10.4. The number of aliphatic hydroxyl groups excluding tert-OH is 1. The second-order valence-electron chi connectivity index (χ2n) is 8.30. The zero-order valence-electron chi connectivity index (χ0n) is 13.8. The maximum atomic E-state index is 12.1. The topological polar surface area (TPSA) is 46.5 Å². The van der Waals surface area contributed by atoms with E-state index in [0.717, 1.165) is 31.6 Å². The van der Waals surface area contributed by atoms with Gasteiger partial charge in [0.2, 0.25) is 0 Å². The summed E-state index contributed by atoms with van der Waals surface area (Å²) in [6.45, 7) is 2.32. The number of carbonyl (C=O) groups excluding carboxylic acids is 1. The van der Waals surface area contributed by atoms with Crippen molar-refractivity contribution in [3.05, 3.63) is 11.6 Å². The summed E-state index contributed by atoms with van der Waals surface area (Å²) in [7, 11) is 1.66. The first-order chi connectivity index (χ1) is 10.5. The summed E-state index contributed by atoms with van der Waals surface area (Å²) in [6.07, 6.45) is 9.28. The lowest BCUT2D eigenvalue weighted by atomic mass is 9.52. The number of allylic oxidation sites excluding steroid dienone is 1. The maximum absolute atomic E-state index is 12.1. The molecule has 0 aliphatic heterocycles. The van der Waals surface area contributed by atoms with E-state index < -0.39 is 0 Å². The van der Waals surface area contributed by atoms with Gasteiger partial charge >= 0.3 is 0 Å². The van der Waals surface area contributed by atoms with E-state index in [1.165, 1.54) is 24.8 Å². The highest BCUT2D eigenvalue weighted by Crippen LogP contribution is 2.61. The normalized spacial score (nSPS) is 50.9. The molecule has 0 saturated heterocycles. The van der Waals surface area contributed by atoms with Gasteiger partial charge in [0.25, 0.3) is 0 Å². The van der Waals surface area contributed by atoms with Gasteiger partial charge < -0.3 is 9.84 Å². The molecule has 3 fully saturated rings. The summed E-state index contributed by atoms with van der Waals surface area (Å²) in [4.78, 5) is 12.1. The second kappa shape index (κ2) is 5.17. The quantitative estimate of drug-likeness (QED) is 0.809. The van der Waals surface area contributed by atoms with Gasteiger partial charge in [0.05, 0.1) is 6.10 Å². The van der Waals surface area contributed by atoms with Gasteiger partial charge in [-0.25, -0.2) is 0 Å². The van der Waals surface area contributed by atoms with Crippen molar-refractivity contribution in [2.24, 2.45) is 29.1 Å². The van der Waals surface area contributed by atoms with Crippen LogP contribution in [0.15, 0.2) is 11.6 Å². The third kappa shape index (κ3) is 1.98. The first-order valence-corrected chi connectivity index (χ1v) is 8.99. The van der Waals surface area contributed by atoms with Gasteiger partial charge in [-0.15, -0.1) is 0 Å². The van der Waals surface area contributed by atoms with Crippen LogP contribution in [0.1, 0.15) is 51.9 Å². The summed E-state index contributed by atoms with van der Waals surface area (Å²) in [6, 6.07) is 0. The van der Waals surface area contributed by atoms with E-state index in [2.05, 4.69) is 6.92 Å². The Morgan fingerprint density at radius 1 is 1.23 bits per heavy atom. The zero-order valence-corrected chi connectivity index (χ0v) is 13.8. The summed E-state index contributed by atoms with van der Waals surface area (Å²) in [5.41, 5.74) is 1.54. The van der Waals surface area contributed by atoms with E-state index in [1.807, 2.05) is 6.08 Å². The first-order valence-electron chi connectivity index (χ1n) is 8.99. The summed E-state index contributed by atoms with van der Waals surface area (Å²) < 4.78 is 5.42. The fraction of sp³-hybridized carbons (Fsp3) is 0.842. The van der Waals surface area contributed by atoms with Crippen LogP contribution in [0.4, 0.5) is 0 Å². The Bertz CT molecular complexity index is 511. The Labute approximate surface area is 133 Å². The monoisotopic (exact) mass is 304 g/mol. The molecule has 4 aliphatic rings. The summed E-state index contributed by atoms with van der Waals surface area (Å²) >= 11 is 0. The zero-order chi connectivity index (χ0) is 15.5. The average molecular weight is 304 g/mol. The van der Waals surface area contributed by atoms with Crippen LogP contribution in [0.5, 0.6) is 0 Å². The average Bonchev–Trinajstić information content (AvgIpc) is 2.82. The molecule has 7 atom stereocenters. The molecule has 22 heavy (non-hydrogen) atoms. The number of fused-ring (bicyclic) bond motifs is 5. The highest BCUT2D eigenvalue weighted by molar-refractivity contribution is 5.95. The van der Waals surface area contributed by atoms with Crippen molar-refractivity contribution in [3.8, 4) is 0 Å². The van der Waals surface area contributed by atoms with Crippen molar-refractivity contribution in [3.63, 3.8) is 0 Å². The van der Waals surface area contributed by atoms with Crippen molar-refractivity contribution >= 4 is 5.78 Å². The SMILES string of the molecule is COC1C[C@H]2C(=CC1=O)CC[C@@H]1[C@@H]2CC[C@]2(C)[C@@H](O)CC[C@@H]12. The molecule has 0 heterocycles. The van der Waals surface area contributed by atoms with Crippen LogP contribution in [-0.2, 0) is 9.53 Å². The number of carbonyl (C=O) groups is 1. The van der Waals surface area contributed by atoms with Gasteiger partial charge in [0, 0.05) is 7.11 Å². The maximum Gasteiger partial charge on any atom is 0.184 e. The molecular formula is C19H28O3. The van der Waals surface area contributed by atoms with E-state index in [4.69, 9.17) is 4.74 Å². The highest BCUT2D eigenvalue weighted by Gasteiger charge is 2.56. The van der Waals surface area contributed by atoms with Crippen LogP contribution in [0, 0.1) is 29.1 Å². The van der Waals surface area contributed by atoms with Gasteiger partial charge in [0.1, 0.15) is 6.10 Å². The Morgan fingerprint density at radius 2 is 2.05 bits per heavy atom. The van der Waals surface area contributed by atoms with E-state index >= 15 is 0 Å². The number of ketones is 1. The van der Waals surface area contributed by atoms with Gasteiger partial charge in [-0.1, -0.05) is 12.5 Å². The molecule has 0 radical (unpaired) electrons. The van der Waals surface area contributed by atoms with Gasteiger partial charge in [-0.05, 0) is 80.1 Å². The molecule has 0 spiro atoms. The number of rotatable bonds is 1. The van der Waals surface area contributed by atoms with Crippen molar-refractivity contribution < 1.29 is 14.6 Å². The molecule has 4 rings (SSSR count). The lowest BCUT2D eigenvalue weighted by Crippen LogP contribution is -2.48. The molecule has 0 aromatic rings. The predicted molar refractivity (Wildman–Crippen MR) is 84.3 cm³/mol. The van der Waals surface area contributed by atoms with E-state index in [0.29, 0.717) is 17.8 Å². The largest absolute Gasteiger partial charge is 0.393 e. The Kier molecular flexibility index (Phi) is 3.50. The van der Waals surface area contributed by atoms with Crippen LogP contribution >= 0.6 is 0 Å². The van der Waals surface area contributed by atoms with E-state index in [-0.39, 0.29) is 23.4 Å².